The van der Waals surface area contributed by atoms with Crippen molar-refractivity contribution in [1.82, 2.24) is 0 Å². The minimum atomic E-state index is 0. The summed E-state index contributed by atoms with van der Waals surface area (Å²) in [4.78, 5) is 0. The maximum Gasteiger partial charge on any atom is 4.00 e. The van der Waals surface area contributed by atoms with E-state index in [1.165, 1.54) is 43.8 Å². The van der Waals surface area contributed by atoms with Crippen molar-refractivity contribution in [3.05, 3.63) is 133 Å². The molecular formula is C32H28Cl2SiZr. The number of benzene rings is 4. The van der Waals surface area contributed by atoms with Crippen molar-refractivity contribution in [3.8, 4) is 22.3 Å². The molecule has 0 fully saturated rings. The summed E-state index contributed by atoms with van der Waals surface area (Å²) in [6.07, 6.45) is 0. The van der Waals surface area contributed by atoms with Gasteiger partial charge in [-0.1, -0.05) is 97.0 Å². The van der Waals surface area contributed by atoms with Gasteiger partial charge in [-0.2, -0.15) is 24.3 Å². The molecule has 6 aromatic carbocycles. The van der Waals surface area contributed by atoms with Crippen molar-refractivity contribution < 1.29 is 51.0 Å². The molecule has 4 heteroatoms. The second-order valence-electron chi connectivity index (χ2n) is 7.90. The first-order chi connectivity index (χ1) is 16.3. The number of rotatable bonds is 2. The van der Waals surface area contributed by atoms with Crippen LogP contribution in [0.4, 0.5) is 0 Å². The predicted molar refractivity (Wildman–Crippen MR) is 147 cm³/mol. The van der Waals surface area contributed by atoms with Crippen LogP contribution >= 0.6 is 0 Å². The number of hydrogen-bond acceptors (Lipinski definition) is 0. The second kappa shape index (κ2) is 16.5. The summed E-state index contributed by atoms with van der Waals surface area (Å²) in [6.45, 7) is 4.31. The van der Waals surface area contributed by atoms with Gasteiger partial charge in [0.2, 0.25) is 0 Å². The summed E-state index contributed by atoms with van der Waals surface area (Å²) in [6, 6.07) is 46.8. The van der Waals surface area contributed by atoms with E-state index in [-0.39, 0.29) is 51.0 Å². The summed E-state index contributed by atoms with van der Waals surface area (Å²) < 4.78 is 0. The Hall–Kier alpha value is -2.22. The maximum absolute atomic E-state index is 2.18. The van der Waals surface area contributed by atoms with E-state index in [9.17, 15) is 0 Å². The van der Waals surface area contributed by atoms with Gasteiger partial charge in [0.15, 0.2) is 0 Å². The van der Waals surface area contributed by atoms with Gasteiger partial charge in [-0.25, -0.2) is 0 Å². The first-order valence-electron chi connectivity index (χ1n) is 11.3. The van der Waals surface area contributed by atoms with Gasteiger partial charge in [0.05, 0.1) is 0 Å². The number of halogens is 2. The summed E-state index contributed by atoms with van der Waals surface area (Å²) in [5.41, 5.74) is 5.21. The van der Waals surface area contributed by atoms with Crippen molar-refractivity contribution in [2.45, 2.75) is 13.1 Å². The number of fused-ring (bicyclic) bond motifs is 2. The zero-order chi connectivity index (χ0) is 22.9. The fourth-order valence-electron chi connectivity index (χ4n) is 4.06. The Morgan fingerprint density at radius 1 is 0.472 bits per heavy atom. The average molecular weight is 603 g/mol. The van der Waals surface area contributed by atoms with Crippen LogP contribution in [0, 0.1) is 0 Å². The summed E-state index contributed by atoms with van der Waals surface area (Å²) in [5, 5.41) is 5.31. The van der Waals surface area contributed by atoms with E-state index < -0.39 is 0 Å². The van der Waals surface area contributed by atoms with Crippen LogP contribution in [0.15, 0.2) is 133 Å². The second-order valence-corrected chi connectivity index (χ2v) is 8.90. The molecule has 0 spiro atoms. The van der Waals surface area contributed by atoms with Crippen LogP contribution in [-0.2, 0) is 26.2 Å². The summed E-state index contributed by atoms with van der Waals surface area (Å²) in [5.74, 6) is 0. The summed E-state index contributed by atoms with van der Waals surface area (Å²) >= 11 is 0. The topological polar surface area (TPSA) is 0 Å². The Kier molecular flexibility index (Phi) is 14.6. The first-order valence-corrected chi connectivity index (χ1v) is 13.3. The van der Waals surface area contributed by atoms with Gasteiger partial charge < -0.3 is 24.8 Å². The average Bonchev–Trinajstić information content (AvgIpc) is 3.55. The van der Waals surface area contributed by atoms with E-state index in [0.717, 1.165) is 9.52 Å². The molecule has 0 N–H and O–H groups in total. The van der Waals surface area contributed by atoms with Crippen LogP contribution in [0.1, 0.15) is 0 Å². The normalized spacial score (nSPS) is 9.39. The fourth-order valence-corrected chi connectivity index (χ4v) is 4.06. The monoisotopic (exact) mass is 600 g/mol. The Labute approximate surface area is 249 Å². The smallest absolute Gasteiger partial charge is 1.00 e. The first kappa shape index (κ1) is 31.8. The van der Waals surface area contributed by atoms with Gasteiger partial charge >= 0.3 is 26.2 Å². The minimum Gasteiger partial charge on any atom is -1.00 e. The van der Waals surface area contributed by atoms with Crippen molar-refractivity contribution in [3.63, 3.8) is 0 Å². The van der Waals surface area contributed by atoms with Gasteiger partial charge in [-0.05, 0) is 11.1 Å². The molecule has 0 aliphatic rings. The third-order valence-electron chi connectivity index (χ3n) is 5.53. The molecule has 0 bridgehead atoms. The van der Waals surface area contributed by atoms with Crippen molar-refractivity contribution in [2.24, 2.45) is 0 Å². The van der Waals surface area contributed by atoms with Crippen molar-refractivity contribution >= 4 is 31.1 Å². The zero-order valence-electron chi connectivity index (χ0n) is 20.5. The van der Waals surface area contributed by atoms with Crippen LogP contribution in [0.2, 0.25) is 13.1 Å². The van der Waals surface area contributed by atoms with Crippen LogP contribution in [0.5, 0.6) is 0 Å². The summed E-state index contributed by atoms with van der Waals surface area (Å²) in [7, 11) is 1.08. The molecule has 0 saturated carbocycles. The third-order valence-corrected chi connectivity index (χ3v) is 5.53. The van der Waals surface area contributed by atoms with Gasteiger partial charge in [-0.3, -0.25) is 0 Å². The quantitative estimate of drug-likeness (QED) is 0.211. The molecule has 2 radical (unpaired) electrons. The molecule has 0 unspecified atom stereocenters. The SMILES string of the molecule is C[Si]C.[Cl-].[Cl-].[Zr+4].c1ccc(-c2cccc3[cH-]ccc23)cc1.c1ccc(-c2cccc3[cH-]ccc23)cc1. The van der Waals surface area contributed by atoms with E-state index in [1.54, 1.807) is 0 Å². The van der Waals surface area contributed by atoms with Crippen LogP contribution in [-0.4, -0.2) is 9.52 Å². The Morgan fingerprint density at radius 3 is 1.19 bits per heavy atom. The van der Waals surface area contributed by atoms with Crippen LogP contribution in [0.25, 0.3) is 43.8 Å². The molecule has 0 aromatic heterocycles. The van der Waals surface area contributed by atoms with E-state index in [4.69, 9.17) is 0 Å². The molecule has 0 heterocycles. The van der Waals surface area contributed by atoms with Gasteiger partial charge in [0.1, 0.15) is 0 Å². The van der Waals surface area contributed by atoms with Crippen LogP contribution in [0.3, 0.4) is 0 Å². The largest absolute Gasteiger partial charge is 4.00 e. The molecule has 0 aliphatic heterocycles. The maximum atomic E-state index is 2.18. The molecular weight excluding hydrogens is 575 g/mol. The fraction of sp³-hybridized carbons (Fsp3) is 0.0625. The van der Waals surface area contributed by atoms with E-state index in [2.05, 4.69) is 147 Å². The molecule has 0 saturated heterocycles. The molecule has 178 valence electrons. The van der Waals surface area contributed by atoms with Crippen molar-refractivity contribution in [1.29, 1.82) is 0 Å². The van der Waals surface area contributed by atoms with E-state index in [0.29, 0.717) is 0 Å². The van der Waals surface area contributed by atoms with Crippen LogP contribution < -0.4 is 24.8 Å². The zero-order valence-corrected chi connectivity index (χ0v) is 25.4. The van der Waals surface area contributed by atoms with Gasteiger partial charge in [0, 0.05) is 9.52 Å². The minimum absolute atomic E-state index is 0. The number of hydrogen-bond donors (Lipinski definition) is 0. The molecule has 6 rings (SSSR count). The van der Waals surface area contributed by atoms with E-state index in [1.807, 2.05) is 0 Å². The predicted octanol–water partition coefficient (Wildman–Crippen LogP) is 3.24. The van der Waals surface area contributed by atoms with Gasteiger partial charge in [0.25, 0.3) is 0 Å². The Balaban J connectivity index is 0.000000302. The molecule has 0 amide bonds. The standard InChI is InChI=1S/2C15H11.C2H6Si.2ClH.Zr/c2*1-2-6-12(7-3-1)14-10-4-8-13-9-5-11-15(13)14;1-3-2;;;/h2*1-11H;1-2H3;2*1H;/q2*-1;;;;+4/p-2. The molecule has 36 heavy (non-hydrogen) atoms. The molecule has 0 nitrogen and oxygen atoms in total. The molecule has 0 aliphatic carbocycles. The van der Waals surface area contributed by atoms with E-state index >= 15 is 0 Å². The van der Waals surface area contributed by atoms with Crippen molar-refractivity contribution in [2.75, 3.05) is 0 Å². The van der Waals surface area contributed by atoms with Gasteiger partial charge in [-0.15, -0.1) is 57.9 Å². The molecule has 6 aromatic rings. The Bertz CT molecular complexity index is 1300. The molecule has 0 atom stereocenters. The third kappa shape index (κ3) is 7.89. The Morgan fingerprint density at radius 2 is 0.833 bits per heavy atom.